The maximum absolute atomic E-state index is 6.49. The van der Waals surface area contributed by atoms with Crippen molar-refractivity contribution in [1.82, 2.24) is 0 Å². The van der Waals surface area contributed by atoms with Gasteiger partial charge >= 0.3 is 14.2 Å². The first kappa shape index (κ1) is 18.3. The van der Waals surface area contributed by atoms with Gasteiger partial charge in [0, 0.05) is 18.4 Å². The van der Waals surface area contributed by atoms with Gasteiger partial charge in [0.05, 0.1) is 22.4 Å². The predicted molar refractivity (Wildman–Crippen MR) is 97.3 cm³/mol. The SMILES string of the molecule is CC1(C)OB(C2(B3OC(C)(C)C(C)(C)O3)[C@@H]3COCC[C@@H]32)OC1(C)C. The van der Waals surface area contributed by atoms with Crippen LogP contribution < -0.4 is 0 Å². The molecule has 4 rings (SSSR count). The maximum atomic E-state index is 6.49. The van der Waals surface area contributed by atoms with Crippen LogP contribution >= 0.6 is 0 Å². The normalized spacial score (nSPS) is 39.4. The molecule has 140 valence electrons. The van der Waals surface area contributed by atoms with Crippen LogP contribution in [0.15, 0.2) is 0 Å². The summed E-state index contributed by atoms with van der Waals surface area (Å²) in [7, 11) is -0.659. The molecular formula is C18H32B2O5. The highest BCUT2D eigenvalue weighted by Crippen LogP contribution is 2.74. The third-order valence-electron chi connectivity index (χ3n) is 7.85. The molecule has 2 atom stereocenters. The summed E-state index contributed by atoms with van der Waals surface area (Å²) in [6.45, 7) is 18.4. The number of ether oxygens (including phenoxy) is 1. The van der Waals surface area contributed by atoms with Crippen molar-refractivity contribution in [2.45, 2.75) is 89.4 Å². The van der Waals surface area contributed by atoms with Crippen molar-refractivity contribution in [2.24, 2.45) is 11.8 Å². The minimum Gasteiger partial charge on any atom is -0.403 e. The first-order valence-corrected chi connectivity index (χ1v) is 9.64. The summed E-state index contributed by atoms with van der Waals surface area (Å²) >= 11 is 0. The summed E-state index contributed by atoms with van der Waals surface area (Å²) in [6.07, 6.45) is 1.01. The standard InChI is InChI=1S/C18H32B2O5/c1-14(2)15(3,4)23-19(22-14)18(12-9-10-21-11-13(12)18)20-24-16(5,6)17(7,8)25-20/h12-13H,9-11H2,1-8H3/t12-,13+/m0/s1. The van der Waals surface area contributed by atoms with Gasteiger partial charge in [0.1, 0.15) is 0 Å². The molecule has 0 aromatic carbocycles. The largest absolute Gasteiger partial charge is 0.462 e. The van der Waals surface area contributed by atoms with E-state index < -0.39 is 0 Å². The van der Waals surface area contributed by atoms with E-state index in [1.807, 2.05) is 0 Å². The minimum absolute atomic E-state index is 0.285. The number of fused-ring (bicyclic) bond motifs is 1. The maximum Gasteiger partial charge on any atom is 0.462 e. The second kappa shape index (κ2) is 5.05. The highest BCUT2D eigenvalue weighted by atomic mass is 16.7. The Balaban J connectivity index is 1.70. The highest BCUT2D eigenvalue weighted by molar-refractivity contribution is 6.73. The van der Waals surface area contributed by atoms with Gasteiger partial charge in [-0.05, 0) is 73.6 Å². The number of hydrogen-bond acceptors (Lipinski definition) is 5. The van der Waals surface area contributed by atoms with Gasteiger partial charge in [0.25, 0.3) is 0 Å². The monoisotopic (exact) mass is 350 g/mol. The lowest BCUT2D eigenvalue weighted by atomic mass is 9.45. The molecule has 0 spiro atoms. The lowest BCUT2D eigenvalue weighted by molar-refractivity contribution is 0.00578. The van der Waals surface area contributed by atoms with Crippen molar-refractivity contribution in [2.75, 3.05) is 13.2 Å². The van der Waals surface area contributed by atoms with Gasteiger partial charge in [-0.3, -0.25) is 0 Å². The van der Waals surface area contributed by atoms with Crippen molar-refractivity contribution < 1.29 is 23.4 Å². The molecule has 0 N–H and O–H groups in total. The molecule has 4 fully saturated rings. The van der Waals surface area contributed by atoms with Gasteiger partial charge in [0.15, 0.2) is 0 Å². The van der Waals surface area contributed by atoms with E-state index in [9.17, 15) is 0 Å². The van der Waals surface area contributed by atoms with Crippen LogP contribution in [0.4, 0.5) is 0 Å². The Morgan fingerprint density at radius 2 is 1.04 bits per heavy atom. The van der Waals surface area contributed by atoms with Crippen LogP contribution in [0.25, 0.3) is 0 Å². The zero-order valence-electron chi connectivity index (χ0n) is 17.0. The first-order valence-electron chi connectivity index (χ1n) is 9.64. The fourth-order valence-electron chi connectivity index (χ4n) is 4.62. The van der Waals surface area contributed by atoms with E-state index in [0.717, 1.165) is 19.6 Å². The molecule has 7 heteroatoms. The number of rotatable bonds is 2. The molecule has 5 nitrogen and oxygen atoms in total. The third-order valence-corrected chi connectivity index (χ3v) is 7.85. The summed E-state index contributed by atoms with van der Waals surface area (Å²) in [6, 6.07) is 0. The molecule has 1 aliphatic carbocycles. The van der Waals surface area contributed by atoms with E-state index >= 15 is 0 Å². The molecule has 3 saturated heterocycles. The topological polar surface area (TPSA) is 46.2 Å². The minimum atomic E-state index is -0.360. The Labute approximate surface area is 152 Å². The Morgan fingerprint density at radius 3 is 1.36 bits per heavy atom. The molecule has 1 saturated carbocycles. The Kier molecular flexibility index (Phi) is 3.69. The average molecular weight is 350 g/mol. The highest BCUT2D eigenvalue weighted by Gasteiger charge is 2.83. The van der Waals surface area contributed by atoms with Crippen molar-refractivity contribution in [1.29, 1.82) is 0 Å². The molecule has 3 heterocycles. The Hall–Kier alpha value is -0.0701. The zero-order valence-corrected chi connectivity index (χ0v) is 17.0. The average Bonchev–Trinajstić information content (AvgIpc) is 3.00. The quantitative estimate of drug-likeness (QED) is 0.717. The fraction of sp³-hybridized carbons (Fsp3) is 1.00. The molecule has 0 unspecified atom stereocenters. The Morgan fingerprint density at radius 1 is 0.640 bits per heavy atom. The van der Waals surface area contributed by atoms with Crippen LogP contribution in [0.5, 0.6) is 0 Å². The Bertz CT molecular complexity index is 492. The molecular weight excluding hydrogens is 318 g/mol. The molecule has 0 amide bonds. The number of hydrogen-bond donors (Lipinski definition) is 0. The summed E-state index contributed by atoms with van der Waals surface area (Å²) in [4.78, 5) is 0. The van der Waals surface area contributed by atoms with E-state index in [0.29, 0.717) is 11.8 Å². The lowest BCUT2D eigenvalue weighted by Crippen LogP contribution is -2.43. The molecule has 0 aromatic heterocycles. The lowest BCUT2D eigenvalue weighted by Gasteiger charge is -2.32. The van der Waals surface area contributed by atoms with Gasteiger partial charge < -0.3 is 23.4 Å². The molecule has 3 aliphatic heterocycles. The first-order chi connectivity index (χ1) is 11.4. The van der Waals surface area contributed by atoms with Crippen LogP contribution in [-0.2, 0) is 23.4 Å². The van der Waals surface area contributed by atoms with Crippen molar-refractivity contribution in [3.05, 3.63) is 0 Å². The molecule has 4 aliphatic rings. The summed E-state index contributed by atoms with van der Waals surface area (Å²) in [5.74, 6) is 0.830. The van der Waals surface area contributed by atoms with Gasteiger partial charge in [-0.1, -0.05) is 0 Å². The molecule has 0 aromatic rings. The molecule has 25 heavy (non-hydrogen) atoms. The van der Waals surface area contributed by atoms with E-state index in [1.54, 1.807) is 0 Å². The van der Waals surface area contributed by atoms with Crippen molar-refractivity contribution in [3.63, 3.8) is 0 Å². The van der Waals surface area contributed by atoms with Crippen LogP contribution in [0, 0.1) is 11.8 Å². The van der Waals surface area contributed by atoms with Gasteiger partial charge in [-0.2, -0.15) is 0 Å². The van der Waals surface area contributed by atoms with E-state index in [4.69, 9.17) is 23.4 Å². The van der Waals surface area contributed by atoms with Crippen molar-refractivity contribution >= 4 is 14.2 Å². The van der Waals surface area contributed by atoms with Crippen LogP contribution in [0.2, 0.25) is 5.21 Å². The smallest absolute Gasteiger partial charge is 0.403 e. The van der Waals surface area contributed by atoms with Crippen LogP contribution in [0.1, 0.15) is 61.8 Å². The second-order valence-corrected chi connectivity index (χ2v) is 10.3. The van der Waals surface area contributed by atoms with E-state index in [2.05, 4.69) is 55.4 Å². The van der Waals surface area contributed by atoms with Gasteiger partial charge in [-0.25, -0.2) is 0 Å². The van der Waals surface area contributed by atoms with E-state index in [-0.39, 0.29) is 41.9 Å². The zero-order chi connectivity index (χ0) is 18.5. The third kappa shape index (κ3) is 2.29. The van der Waals surface area contributed by atoms with Gasteiger partial charge in [-0.15, -0.1) is 0 Å². The summed E-state index contributed by atoms with van der Waals surface area (Å²) in [5.41, 5.74) is -1.44. The molecule has 0 radical (unpaired) electrons. The van der Waals surface area contributed by atoms with Crippen LogP contribution in [0.3, 0.4) is 0 Å². The predicted octanol–water partition coefficient (Wildman–Crippen LogP) is 3.12. The fourth-order valence-corrected chi connectivity index (χ4v) is 4.62. The summed E-state index contributed by atoms with van der Waals surface area (Å²) in [5, 5.41) is -0.285. The molecule has 0 bridgehead atoms. The van der Waals surface area contributed by atoms with Gasteiger partial charge in [0.2, 0.25) is 0 Å². The van der Waals surface area contributed by atoms with Crippen molar-refractivity contribution in [3.8, 4) is 0 Å². The second-order valence-electron chi connectivity index (χ2n) is 10.3. The van der Waals surface area contributed by atoms with Crippen LogP contribution in [-0.4, -0.2) is 49.9 Å². The summed E-state index contributed by atoms with van der Waals surface area (Å²) < 4.78 is 31.8. The van der Waals surface area contributed by atoms with E-state index in [1.165, 1.54) is 0 Å².